The maximum absolute atomic E-state index is 10.3. The van der Waals surface area contributed by atoms with E-state index in [9.17, 15) is 9.59 Å². The summed E-state index contributed by atoms with van der Waals surface area (Å²) >= 11 is 0. The van der Waals surface area contributed by atoms with Gasteiger partial charge in [0, 0.05) is 12.8 Å². The molecule has 0 saturated heterocycles. The number of rotatable bonds is 32. The first-order valence-electron chi connectivity index (χ1n) is 18.0. The average Bonchev–Trinajstić information content (AvgIpc) is 2.93. The molecule has 41 heavy (non-hydrogen) atoms. The van der Waals surface area contributed by atoms with E-state index in [1.165, 1.54) is 167 Å². The van der Waals surface area contributed by atoms with Gasteiger partial charge in [0.15, 0.2) is 0 Å². The third-order valence-corrected chi connectivity index (χ3v) is 7.99. The van der Waals surface area contributed by atoms with E-state index in [2.05, 4.69) is 13.8 Å². The van der Waals surface area contributed by atoms with Gasteiger partial charge in [-0.15, -0.1) is 0 Å². The zero-order chi connectivity index (χ0) is 29.8. The third kappa shape index (κ3) is 49.5. The van der Waals surface area contributed by atoms with Crippen molar-refractivity contribution >= 4 is 29.0 Å². The third-order valence-electron chi connectivity index (χ3n) is 7.99. The van der Waals surface area contributed by atoms with Crippen molar-refractivity contribution < 1.29 is 19.8 Å². The van der Waals surface area contributed by atoms with Gasteiger partial charge in [-0.3, -0.25) is 9.59 Å². The van der Waals surface area contributed by atoms with Crippen LogP contribution in [0.25, 0.3) is 0 Å². The predicted molar refractivity (Wildman–Crippen MR) is 183 cm³/mol. The summed E-state index contributed by atoms with van der Waals surface area (Å²) in [6.07, 6.45) is 40.4. The summed E-state index contributed by atoms with van der Waals surface area (Å²) < 4.78 is 0. The molecule has 0 aliphatic carbocycles. The van der Waals surface area contributed by atoms with Gasteiger partial charge in [0.25, 0.3) is 0 Å². The molecule has 0 aromatic rings. The number of unbranched alkanes of at least 4 members (excludes halogenated alkanes) is 28. The number of hydrogen-bond donors (Lipinski definition) is 2. The first-order chi connectivity index (χ1) is 19.5. The van der Waals surface area contributed by atoms with Crippen LogP contribution < -0.4 is 0 Å². The number of aliphatic carboxylic acids is 2. The zero-order valence-corrected chi connectivity index (χ0v) is 29.9. The van der Waals surface area contributed by atoms with E-state index in [0.29, 0.717) is 12.8 Å². The fourth-order valence-corrected chi connectivity index (χ4v) is 5.30. The van der Waals surface area contributed by atoms with Crippen molar-refractivity contribution in [2.24, 2.45) is 0 Å². The quantitative estimate of drug-likeness (QED) is 0.0562. The fraction of sp³-hybridized carbons (Fsp3) is 0.944. The predicted octanol–water partition coefficient (Wildman–Crippen LogP) is 11.7. The molecule has 0 aromatic carbocycles. The molecule has 0 aromatic heterocycles. The Morgan fingerprint density at radius 3 is 0.610 bits per heavy atom. The van der Waals surface area contributed by atoms with Crippen LogP contribution >= 0.6 is 0 Å². The summed E-state index contributed by atoms with van der Waals surface area (Å²) in [4.78, 5) is 20.7. The van der Waals surface area contributed by atoms with E-state index in [1.807, 2.05) is 0 Å². The second-order valence-corrected chi connectivity index (χ2v) is 12.2. The molecule has 4 nitrogen and oxygen atoms in total. The molecule has 2 N–H and O–H groups in total. The monoisotopic (exact) mass is 650 g/mol. The van der Waals surface area contributed by atoms with Gasteiger partial charge in [0.2, 0.25) is 0 Å². The van der Waals surface area contributed by atoms with E-state index in [4.69, 9.17) is 10.2 Å². The Morgan fingerprint density at radius 2 is 0.463 bits per heavy atom. The van der Waals surface area contributed by atoms with E-state index < -0.39 is 11.9 Å². The second-order valence-electron chi connectivity index (χ2n) is 12.2. The molecule has 0 aliphatic rings. The van der Waals surface area contributed by atoms with Crippen molar-refractivity contribution in [2.45, 2.75) is 219 Å². The summed E-state index contributed by atoms with van der Waals surface area (Å²) in [5, 5.41) is 17.0. The maximum atomic E-state index is 10.3. The molecule has 0 amide bonds. The summed E-state index contributed by atoms with van der Waals surface area (Å²) in [6.45, 7) is 4.54. The summed E-state index contributed by atoms with van der Waals surface area (Å²) in [5.41, 5.74) is 0. The van der Waals surface area contributed by atoms with Gasteiger partial charge in [0.05, 0.1) is 0 Å². The Kier molecular flexibility index (Phi) is 45.5. The molecule has 248 valence electrons. The fourth-order valence-electron chi connectivity index (χ4n) is 5.30. The summed E-state index contributed by atoms with van der Waals surface area (Å²) in [6, 6.07) is 0. The molecule has 0 saturated carbocycles. The molecule has 0 unspecified atom stereocenters. The van der Waals surface area contributed by atoms with E-state index in [-0.39, 0.29) is 17.1 Å². The Morgan fingerprint density at radius 1 is 0.317 bits per heavy atom. The van der Waals surface area contributed by atoms with Crippen molar-refractivity contribution in [1.82, 2.24) is 0 Å². The minimum absolute atomic E-state index is 0. The topological polar surface area (TPSA) is 74.6 Å². The molecular formula is C36H74O4Se. The van der Waals surface area contributed by atoms with Crippen LogP contribution in [0.5, 0.6) is 0 Å². The number of carboxylic acid groups (broad SMARTS) is 2. The molecule has 0 fully saturated rings. The van der Waals surface area contributed by atoms with Crippen molar-refractivity contribution in [3.8, 4) is 0 Å². The van der Waals surface area contributed by atoms with Crippen LogP contribution in [0, 0.1) is 0 Å². The molecule has 0 atom stereocenters. The van der Waals surface area contributed by atoms with E-state index in [1.54, 1.807) is 0 Å². The van der Waals surface area contributed by atoms with Crippen molar-refractivity contribution in [1.29, 1.82) is 0 Å². The minimum atomic E-state index is -0.653. The molecule has 0 spiro atoms. The zero-order valence-electron chi connectivity index (χ0n) is 27.8. The van der Waals surface area contributed by atoms with Gasteiger partial charge in [0.1, 0.15) is 0 Å². The molecule has 0 radical (unpaired) electrons. The van der Waals surface area contributed by atoms with Crippen LogP contribution in [0.15, 0.2) is 0 Å². The van der Waals surface area contributed by atoms with Crippen LogP contribution in [0.1, 0.15) is 219 Å². The average molecular weight is 650 g/mol. The molecular weight excluding hydrogens is 575 g/mol. The normalized spacial score (nSPS) is 10.6. The molecule has 0 rings (SSSR count). The Bertz CT molecular complexity index is 454. The van der Waals surface area contributed by atoms with E-state index >= 15 is 0 Å². The standard InChI is InChI=1S/2C18H36O2.H2Se/c2*1-2-3-4-5-6-7-8-9-10-11-12-13-14-15-16-17-18(19)20;/h2*2-17H2,1H3,(H,19,20);1H2. The van der Waals surface area contributed by atoms with Gasteiger partial charge in [-0.2, -0.15) is 0 Å². The summed E-state index contributed by atoms with van der Waals surface area (Å²) in [7, 11) is 0. The molecule has 5 heteroatoms. The Labute approximate surface area is 267 Å². The number of carbonyl (C=O) groups is 2. The van der Waals surface area contributed by atoms with Gasteiger partial charge in [-0.25, -0.2) is 0 Å². The van der Waals surface area contributed by atoms with E-state index in [0.717, 1.165) is 25.7 Å². The Hall–Kier alpha value is -0.541. The molecule has 0 aliphatic heterocycles. The van der Waals surface area contributed by atoms with Gasteiger partial charge in [-0.1, -0.05) is 194 Å². The van der Waals surface area contributed by atoms with Gasteiger partial charge >= 0.3 is 29.0 Å². The van der Waals surface area contributed by atoms with Crippen molar-refractivity contribution in [2.75, 3.05) is 0 Å². The number of carboxylic acids is 2. The second kappa shape index (κ2) is 41.6. The number of hydrogen-bond acceptors (Lipinski definition) is 2. The van der Waals surface area contributed by atoms with Crippen molar-refractivity contribution in [3.63, 3.8) is 0 Å². The SMILES string of the molecule is CCCCCCCCCCCCCCCCCC(=O)O.CCCCCCCCCCCCCCCCCC(=O)O.[SeH2]. The molecule has 0 bridgehead atoms. The first-order valence-corrected chi connectivity index (χ1v) is 18.0. The van der Waals surface area contributed by atoms with Crippen LogP contribution in [-0.2, 0) is 9.59 Å². The molecule has 0 heterocycles. The van der Waals surface area contributed by atoms with Crippen LogP contribution in [0.3, 0.4) is 0 Å². The van der Waals surface area contributed by atoms with Crippen molar-refractivity contribution in [3.05, 3.63) is 0 Å². The van der Waals surface area contributed by atoms with Gasteiger partial charge in [-0.05, 0) is 12.8 Å². The van der Waals surface area contributed by atoms with Gasteiger partial charge < -0.3 is 10.2 Å². The first kappa shape index (κ1) is 44.9. The summed E-state index contributed by atoms with van der Waals surface area (Å²) in [5.74, 6) is -1.31. The van der Waals surface area contributed by atoms with Crippen LogP contribution in [0.2, 0.25) is 0 Å². The van der Waals surface area contributed by atoms with Crippen LogP contribution in [-0.4, -0.2) is 39.2 Å². The van der Waals surface area contributed by atoms with Crippen LogP contribution in [0.4, 0.5) is 0 Å². The Balaban J connectivity index is -0.000000688.